The number of hydrogen-bond donors (Lipinski definition) is 1. The van der Waals surface area contributed by atoms with Crippen molar-refractivity contribution < 1.29 is 4.79 Å². The molecule has 3 unspecified atom stereocenters. The molecule has 3 nitrogen and oxygen atoms in total. The lowest BCUT2D eigenvalue weighted by Crippen LogP contribution is -2.43. The third-order valence-corrected chi connectivity index (χ3v) is 4.68. The summed E-state index contributed by atoms with van der Waals surface area (Å²) >= 11 is 0. The van der Waals surface area contributed by atoms with E-state index in [4.69, 9.17) is 0 Å². The van der Waals surface area contributed by atoms with Crippen LogP contribution < -0.4 is 5.32 Å². The van der Waals surface area contributed by atoms with Gasteiger partial charge in [-0.05, 0) is 37.0 Å². The first-order chi connectivity index (χ1) is 9.04. The molecule has 0 aromatic rings. The first-order valence-electron chi connectivity index (χ1n) is 8.11. The Balaban J connectivity index is 1.97. The van der Waals surface area contributed by atoms with Gasteiger partial charge >= 0.3 is 0 Å². The number of amides is 1. The summed E-state index contributed by atoms with van der Waals surface area (Å²) in [5.74, 6) is 2.37. The summed E-state index contributed by atoms with van der Waals surface area (Å²) in [4.78, 5) is 14.7. The maximum atomic E-state index is 12.6. The molecule has 1 aliphatic heterocycles. The van der Waals surface area contributed by atoms with E-state index in [1.165, 1.54) is 12.8 Å². The van der Waals surface area contributed by atoms with Crippen molar-refractivity contribution in [2.24, 2.45) is 17.8 Å². The lowest BCUT2D eigenvalue weighted by molar-refractivity contribution is -0.131. The number of unbranched alkanes of at least 4 members (excludes halogenated alkanes) is 1. The van der Waals surface area contributed by atoms with Crippen LogP contribution in [-0.4, -0.2) is 29.6 Å². The van der Waals surface area contributed by atoms with Crippen LogP contribution in [0.25, 0.3) is 0 Å². The molecule has 0 aromatic heterocycles. The van der Waals surface area contributed by atoms with Crippen LogP contribution in [0.15, 0.2) is 0 Å². The molecule has 1 aliphatic carbocycles. The second-order valence-electron chi connectivity index (χ2n) is 6.86. The Morgan fingerprint density at radius 2 is 2.00 bits per heavy atom. The van der Waals surface area contributed by atoms with Gasteiger partial charge < -0.3 is 4.90 Å². The fourth-order valence-corrected chi connectivity index (χ4v) is 3.20. The average Bonchev–Trinajstić information content (AvgIpc) is 3.16. The van der Waals surface area contributed by atoms with Crippen LogP contribution in [0.4, 0.5) is 0 Å². The molecule has 2 rings (SSSR count). The van der Waals surface area contributed by atoms with Crippen molar-refractivity contribution in [3.05, 3.63) is 0 Å². The van der Waals surface area contributed by atoms with Crippen LogP contribution in [0.3, 0.4) is 0 Å². The van der Waals surface area contributed by atoms with Crippen LogP contribution in [-0.2, 0) is 4.79 Å². The first kappa shape index (κ1) is 14.8. The lowest BCUT2D eigenvalue weighted by Gasteiger charge is -2.29. The summed E-state index contributed by atoms with van der Waals surface area (Å²) < 4.78 is 0. The Bertz CT molecular complexity index is 312. The second kappa shape index (κ2) is 6.25. The van der Waals surface area contributed by atoms with Gasteiger partial charge in [0.2, 0.25) is 5.91 Å². The Kier molecular flexibility index (Phi) is 4.88. The molecule has 0 radical (unpaired) electrons. The van der Waals surface area contributed by atoms with Gasteiger partial charge in [0, 0.05) is 6.54 Å². The smallest absolute Gasteiger partial charge is 0.241 e. The standard InChI is InChI=1S/C16H30N2O/c1-5-6-7-14-16(19)18(15(17-14)11(2)3)10-12(4)13-8-9-13/h11-15,17H,5-10H2,1-4H3. The Hall–Kier alpha value is -0.570. The molecule has 0 aromatic carbocycles. The van der Waals surface area contributed by atoms with E-state index >= 15 is 0 Å². The molecule has 1 heterocycles. The molecule has 3 atom stereocenters. The number of carbonyl (C=O) groups excluding carboxylic acids is 1. The highest BCUT2D eigenvalue weighted by Crippen LogP contribution is 2.37. The number of hydrogen-bond acceptors (Lipinski definition) is 2. The quantitative estimate of drug-likeness (QED) is 0.768. The lowest BCUT2D eigenvalue weighted by atomic mass is 10.0. The van der Waals surface area contributed by atoms with Crippen molar-refractivity contribution >= 4 is 5.91 Å². The Morgan fingerprint density at radius 1 is 1.32 bits per heavy atom. The maximum Gasteiger partial charge on any atom is 0.241 e. The molecule has 110 valence electrons. The van der Waals surface area contributed by atoms with Crippen molar-refractivity contribution in [2.45, 2.75) is 72.0 Å². The predicted molar refractivity (Wildman–Crippen MR) is 78.7 cm³/mol. The first-order valence-corrected chi connectivity index (χ1v) is 8.11. The largest absolute Gasteiger partial charge is 0.325 e. The van der Waals surface area contributed by atoms with Gasteiger partial charge in [-0.25, -0.2) is 0 Å². The van der Waals surface area contributed by atoms with Crippen molar-refractivity contribution in [3.63, 3.8) is 0 Å². The van der Waals surface area contributed by atoms with Crippen molar-refractivity contribution in [1.29, 1.82) is 0 Å². The Labute approximate surface area is 118 Å². The normalized spacial score (nSPS) is 29.3. The van der Waals surface area contributed by atoms with Gasteiger partial charge in [0.15, 0.2) is 0 Å². The minimum Gasteiger partial charge on any atom is -0.325 e. The molecular weight excluding hydrogens is 236 g/mol. The Morgan fingerprint density at radius 3 is 2.53 bits per heavy atom. The third kappa shape index (κ3) is 3.50. The van der Waals surface area contributed by atoms with Gasteiger partial charge in [0.05, 0.1) is 12.2 Å². The molecular formula is C16H30N2O. The van der Waals surface area contributed by atoms with E-state index in [0.717, 1.165) is 31.7 Å². The average molecular weight is 266 g/mol. The van der Waals surface area contributed by atoms with E-state index in [-0.39, 0.29) is 12.2 Å². The zero-order valence-electron chi connectivity index (χ0n) is 13.0. The highest BCUT2D eigenvalue weighted by Gasteiger charge is 2.41. The van der Waals surface area contributed by atoms with E-state index in [1.54, 1.807) is 0 Å². The van der Waals surface area contributed by atoms with Crippen LogP contribution in [0, 0.1) is 17.8 Å². The van der Waals surface area contributed by atoms with Gasteiger partial charge in [-0.3, -0.25) is 10.1 Å². The van der Waals surface area contributed by atoms with Gasteiger partial charge in [0.1, 0.15) is 0 Å². The summed E-state index contributed by atoms with van der Waals surface area (Å²) in [6.45, 7) is 9.86. The molecule has 19 heavy (non-hydrogen) atoms. The minimum absolute atomic E-state index is 0.0683. The summed E-state index contributed by atoms with van der Waals surface area (Å²) in [6, 6.07) is 0.0683. The van der Waals surface area contributed by atoms with Crippen LogP contribution in [0.2, 0.25) is 0 Å². The van der Waals surface area contributed by atoms with Crippen LogP contribution in [0.5, 0.6) is 0 Å². The molecule has 1 saturated heterocycles. The molecule has 2 aliphatic rings. The molecule has 3 heteroatoms. The summed E-state index contributed by atoms with van der Waals surface area (Å²) in [5, 5.41) is 3.57. The zero-order chi connectivity index (χ0) is 14.0. The fourth-order valence-electron chi connectivity index (χ4n) is 3.20. The SMILES string of the molecule is CCCCC1NC(C(C)C)N(CC(C)C2CC2)C1=O. The molecule has 0 spiro atoms. The summed E-state index contributed by atoms with van der Waals surface area (Å²) in [5.41, 5.74) is 0. The molecule has 1 saturated carbocycles. The van der Waals surface area contributed by atoms with Gasteiger partial charge in [-0.15, -0.1) is 0 Å². The highest BCUT2D eigenvalue weighted by atomic mass is 16.2. The molecule has 1 amide bonds. The van der Waals surface area contributed by atoms with Gasteiger partial charge in [0.25, 0.3) is 0 Å². The molecule has 1 N–H and O–H groups in total. The highest BCUT2D eigenvalue weighted by molar-refractivity contribution is 5.84. The predicted octanol–water partition coefficient (Wildman–Crippen LogP) is 3.01. The summed E-state index contributed by atoms with van der Waals surface area (Å²) in [6.07, 6.45) is 6.27. The van der Waals surface area contributed by atoms with E-state index in [2.05, 4.69) is 37.9 Å². The maximum absolute atomic E-state index is 12.6. The van der Waals surface area contributed by atoms with E-state index in [1.807, 2.05) is 0 Å². The third-order valence-electron chi connectivity index (χ3n) is 4.68. The number of nitrogens with one attached hydrogen (secondary N) is 1. The van der Waals surface area contributed by atoms with E-state index in [9.17, 15) is 4.79 Å². The van der Waals surface area contributed by atoms with Crippen molar-refractivity contribution in [3.8, 4) is 0 Å². The monoisotopic (exact) mass is 266 g/mol. The fraction of sp³-hybridized carbons (Fsp3) is 0.938. The zero-order valence-corrected chi connectivity index (χ0v) is 13.0. The van der Waals surface area contributed by atoms with Crippen LogP contribution >= 0.6 is 0 Å². The number of rotatable bonds is 7. The number of carbonyl (C=O) groups is 1. The van der Waals surface area contributed by atoms with Gasteiger partial charge in [-0.2, -0.15) is 0 Å². The van der Waals surface area contributed by atoms with E-state index < -0.39 is 0 Å². The topological polar surface area (TPSA) is 32.3 Å². The number of nitrogens with zero attached hydrogens (tertiary/aromatic N) is 1. The minimum atomic E-state index is 0.0683. The second-order valence-corrected chi connectivity index (χ2v) is 6.86. The molecule has 0 bridgehead atoms. The van der Waals surface area contributed by atoms with Gasteiger partial charge in [-0.1, -0.05) is 40.5 Å². The van der Waals surface area contributed by atoms with E-state index in [0.29, 0.717) is 17.7 Å². The summed E-state index contributed by atoms with van der Waals surface area (Å²) in [7, 11) is 0. The van der Waals surface area contributed by atoms with Crippen LogP contribution in [0.1, 0.15) is 59.8 Å². The molecule has 2 fully saturated rings. The van der Waals surface area contributed by atoms with Crippen molar-refractivity contribution in [2.75, 3.05) is 6.54 Å². The van der Waals surface area contributed by atoms with Crippen molar-refractivity contribution in [1.82, 2.24) is 10.2 Å².